The van der Waals surface area contributed by atoms with Gasteiger partial charge in [-0.1, -0.05) is 0 Å². The Morgan fingerprint density at radius 3 is 2.43 bits per heavy atom. The largest absolute Gasteiger partial charge is 0.496 e. The molecule has 2 rings (SSSR count). The summed E-state index contributed by atoms with van der Waals surface area (Å²) in [6.45, 7) is 8.23. The molecule has 2 N–H and O–H groups in total. The maximum atomic E-state index is 11.3. The summed E-state index contributed by atoms with van der Waals surface area (Å²) in [6.07, 6.45) is 3.38. The van der Waals surface area contributed by atoms with Crippen molar-refractivity contribution in [2.75, 3.05) is 18.9 Å². The van der Waals surface area contributed by atoms with Crippen LogP contribution in [0.2, 0.25) is 0 Å². The molecule has 1 fully saturated rings. The first-order valence-corrected chi connectivity index (χ1v) is 7.00. The lowest BCUT2D eigenvalue weighted by Gasteiger charge is -2.32. The van der Waals surface area contributed by atoms with Crippen molar-refractivity contribution in [3.05, 3.63) is 18.5 Å². The third kappa shape index (κ3) is 3.36. The topological polar surface area (TPSA) is 72.5 Å². The lowest BCUT2D eigenvalue weighted by Crippen LogP contribution is -2.41. The number of nitrogens with zero attached hydrogens (tertiary/aromatic N) is 1. The summed E-state index contributed by atoms with van der Waals surface area (Å²) < 4.78 is 12.0. The summed E-state index contributed by atoms with van der Waals surface area (Å²) in [7, 11) is 1.15. The fraction of sp³-hybridized carbons (Fsp3) is 0.571. The lowest BCUT2D eigenvalue weighted by molar-refractivity contribution is -0.118. The second kappa shape index (κ2) is 5.65. The van der Waals surface area contributed by atoms with E-state index in [1.165, 1.54) is 0 Å². The highest BCUT2D eigenvalue weighted by molar-refractivity contribution is 6.62. The van der Waals surface area contributed by atoms with Crippen LogP contribution >= 0.6 is 0 Å². The Morgan fingerprint density at radius 2 is 1.86 bits per heavy atom. The van der Waals surface area contributed by atoms with Crippen LogP contribution in [-0.2, 0) is 14.1 Å². The molecule has 1 amide bonds. The van der Waals surface area contributed by atoms with Gasteiger partial charge in [0.25, 0.3) is 0 Å². The first-order valence-electron chi connectivity index (χ1n) is 7.00. The lowest BCUT2D eigenvalue weighted by atomic mass is 9.80. The summed E-state index contributed by atoms with van der Waals surface area (Å²) >= 11 is 0. The third-order valence-corrected chi connectivity index (χ3v) is 4.02. The molecule has 2 heterocycles. The predicted molar refractivity (Wildman–Crippen MR) is 82.5 cm³/mol. The number of likely N-dealkylation sites (N-methyl/N-ethyl adjacent to an activating group) is 1. The number of hydrogen-bond acceptors (Lipinski definition) is 5. The van der Waals surface area contributed by atoms with Crippen molar-refractivity contribution >= 4 is 24.2 Å². The van der Waals surface area contributed by atoms with E-state index in [4.69, 9.17) is 9.31 Å². The van der Waals surface area contributed by atoms with Crippen LogP contribution in [-0.4, -0.2) is 42.8 Å². The van der Waals surface area contributed by atoms with Crippen LogP contribution in [0.25, 0.3) is 0 Å². The van der Waals surface area contributed by atoms with Crippen LogP contribution < -0.4 is 16.1 Å². The van der Waals surface area contributed by atoms with Crippen molar-refractivity contribution in [2.45, 2.75) is 38.9 Å². The number of anilines is 1. The van der Waals surface area contributed by atoms with Gasteiger partial charge in [-0.2, -0.15) is 0 Å². The summed E-state index contributed by atoms with van der Waals surface area (Å²) in [5.41, 5.74) is 0.813. The maximum Gasteiger partial charge on any atom is 0.496 e. The Labute approximate surface area is 125 Å². The monoisotopic (exact) mass is 291 g/mol. The molecule has 6 nitrogen and oxygen atoms in total. The number of aromatic nitrogens is 1. The van der Waals surface area contributed by atoms with Crippen LogP contribution in [0.5, 0.6) is 0 Å². The molecule has 7 heteroatoms. The van der Waals surface area contributed by atoms with Crippen LogP contribution in [0.3, 0.4) is 0 Å². The van der Waals surface area contributed by atoms with E-state index in [9.17, 15) is 4.79 Å². The summed E-state index contributed by atoms with van der Waals surface area (Å²) in [4.78, 5) is 15.4. The smallest absolute Gasteiger partial charge is 0.399 e. The van der Waals surface area contributed by atoms with E-state index in [1.807, 2.05) is 33.8 Å². The van der Waals surface area contributed by atoms with E-state index in [2.05, 4.69) is 15.6 Å². The molecule has 1 saturated heterocycles. The number of pyridine rings is 1. The standard InChI is InChI=1S/C14H22BN3O3/c1-13(2)14(3,4)21-15(20-13)10-6-11(8-17-7-10)18-9-12(19)16-5/h6-8,18H,9H2,1-5H3,(H,16,19). The molecule has 1 aliphatic rings. The normalized spacial score (nSPS) is 19.4. The molecule has 0 bridgehead atoms. The highest BCUT2D eigenvalue weighted by Gasteiger charge is 2.51. The second-order valence-electron chi connectivity index (χ2n) is 6.12. The van der Waals surface area contributed by atoms with Crippen molar-refractivity contribution in [2.24, 2.45) is 0 Å². The Balaban J connectivity index is 2.10. The molecule has 21 heavy (non-hydrogen) atoms. The van der Waals surface area contributed by atoms with E-state index < -0.39 is 7.12 Å². The first kappa shape index (κ1) is 15.8. The number of carbonyl (C=O) groups is 1. The Hall–Kier alpha value is -1.60. The van der Waals surface area contributed by atoms with Crippen molar-refractivity contribution < 1.29 is 14.1 Å². The fourth-order valence-electron chi connectivity index (χ4n) is 1.93. The minimum absolute atomic E-state index is 0.0870. The molecule has 0 aromatic carbocycles. The van der Waals surface area contributed by atoms with Gasteiger partial charge in [-0.3, -0.25) is 9.78 Å². The van der Waals surface area contributed by atoms with Gasteiger partial charge in [-0.05, 0) is 33.8 Å². The maximum absolute atomic E-state index is 11.3. The van der Waals surface area contributed by atoms with Crippen molar-refractivity contribution in [1.29, 1.82) is 0 Å². The zero-order valence-corrected chi connectivity index (χ0v) is 13.2. The van der Waals surface area contributed by atoms with Gasteiger partial charge in [-0.15, -0.1) is 0 Å². The number of amides is 1. The summed E-state index contributed by atoms with van der Waals surface area (Å²) in [5.74, 6) is -0.0870. The molecule has 1 aliphatic heterocycles. The van der Waals surface area contributed by atoms with Gasteiger partial charge in [-0.25, -0.2) is 0 Å². The zero-order valence-electron chi connectivity index (χ0n) is 13.2. The average Bonchev–Trinajstić information content (AvgIpc) is 2.65. The molecule has 1 aromatic heterocycles. The van der Waals surface area contributed by atoms with Crippen LogP contribution in [0, 0.1) is 0 Å². The van der Waals surface area contributed by atoms with Crippen LogP contribution in [0.15, 0.2) is 18.5 Å². The van der Waals surface area contributed by atoms with Gasteiger partial charge in [0.1, 0.15) is 0 Å². The Kier molecular flexibility index (Phi) is 4.25. The molecule has 0 saturated carbocycles. The van der Waals surface area contributed by atoms with E-state index in [0.717, 1.165) is 11.2 Å². The van der Waals surface area contributed by atoms with Crippen molar-refractivity contribution in [1.82, 2.24) is 10.3 Å². The average molecular weight is 291 g/mol. The molecule has 0 aliphatic carbocycles. The van der Waals surface area contributed by atoms with Crippen LogP contribution in [0.4, 0.5) is 5.69 Å². The summed E-state index contributed by atoms with van der Waals surface area (Å²) in [5, 5.41) is 5.57. The van der Waals surface area contributed by atoms with Crippen molar-refractivity contribution in [3.63, 3.8) is 0 Å². The fourth-order valence-corrected chi connectivity index (χ4v) is 1.93. The molecule has 114 valence electrons. The van der Waals surface area contributed by atoms with Crippen LogP contribution in [0.1, 0.15) is 27.7 Å². The second-order valence-corrected chi connectivity index (χ2v) is 6.12. The highest BCUT2D eigenvalue weighted by Crippen LogP contribution is 2.36. The van der Waals surface area contributed by atoms with E-state index >= 15 is 0 Å². The zero-order chi connectivity index (χ0) is 15.7. The molecule has 0 spiro atoms. The van der Waals surface area contributed by atoms with Crippen molar-refractivity contribution in [3.8, 4) is 0 Å². The number of carbonyl (C=O) groups excluding carboxylic acids is 1. The van der Waals surface area contributed by atoms with Gasteiger partial charge in [0.05, 0.1) is 23.4 Å². The molecule has 0 unspecified atom stereocenters. The van der Waals surface area contributed by atoms with Gasteiger partial charge >= 0.3 is 7.12 Å². The minimum Gasteiger partial charge on any atom is -0.399 e. The van der Waals surface area contributed by atoms with Gasteiger partial charge < -0.3 is 19.9 Å². The molecule has 0 atom stereocenters. The minimum atomic E-state index is -0.454. The van der Waals surface area contributed by atoms with E-state index in [0.29, 0.717) is 0 Å². The Bertz CT molecular complexity index is 518. The highest BCUT2D eigenvalue weighted by atomic mass is 16.7. The van der Waals surface area contributed by atoms with E-state index in [1.54, 1.807) is 19.4 Å². The SMILES string of the molecule is CNC(=O)CNc1cncc(B2OC(C)(C)C(C)(C)O2)c1. The molecule has 1 aromatic rings. The predicted octanol–water partition coefficient (Wildman–Crippen LogP) is 0.539. The first-order chi connectivity index (χ1) is 9.75. The Morgan fingerprint density at radius 1 is 1.24 bits per heavy atom. The van der Waals surface area contributed by atoms with E-state index in [-0.39, 0.29) is 23.7 Å². The number of nitrogens with one attached hydrogen (secondary N) is 2. The number of rotatable bonds is 4. The summed E-state index contributed by atoms with van der Waals surface area (Å²) in [6, 6.07) is 1.89. The van der Waals surface area contributed by atoms with Gasteiger partial charge in [0, 0.05) is 24.9 Å². The quantitative estimate of drug-likeness (QED) is 0.792. The van der Waals surface area contributed by atoms with Gasteiger partial charge in [0.2, 0.25) is 5.91 Å². The third-order valence-electron chi connectivity index (χ3n) is 4.02. The molecular weight excluding hydrogens is 269 g/mol. The van der Waals surface area contributed by atoms with Gasteiger partial charge in [0.15, 0.2) is 0 Å². The molecular formula is C14H22BN3O3. The molecule has 0 radical (unpaired) electrons. The number of hydrogen-bond donors (Lipinski definition) is 2.